The molecule has 0 atom stereocenters. The van der Waals surface area contributed by atoms with E-state index in [0.29, 0.717) is 10.9 Å². The van der Waals surface area contributed by atoms with Crippen LogP contribution in [0.1, 0.15) is 26.6 Å². The van der Waals surface area contributed by atoms with Crippen LogP contribution in [0.5, 0.6) is 0 Å². The molecule has 0 radical (unpaired) electrons. The van der Waals surface area contributed by atoms with Gasteiger partial charge in [0.25, 0.3) is 5.52 Å². The van der Waals surface area contributed by atoms with E-state index in [-0.39, 0.29) is 11.2 Å². The molecule has 4 rings (SSSR count). The molecule has 23 heavy (non-hydrogen) atoms. The molecule has 5 heteroatoms. The van der Waals surface area contributed by atoms with Crippen molar-refractivity contribution in [3.63, 3.8) is 0 Å². The molecule has 2 N–H and O–H groups in total. The summed E-state index contributed by atoms with van der Waals surface area (Å²) in [6.07, 6.45) is 1.54. The highest BCUT2D eigenvalue weighted by atomic mass is 19.1. The van der Waals surface area contributed by atoms with Crippen LogP contribution < -0.4 is 4.73 Å². The highest BCUT2D eigenvalue weighted by molar-refractivity contribution is 6.20. The third kappa shape index (κ3) is 1.96. The van der Waals surface area contributed by atoms with E-state index in [9.17, 15) is 9.60 Å². The van der Waals surface area contributed by atoms with E-state index < -0.39 is 0 Å². The summed E-state index contributed by atoms with van der Waals surface area (Å²) >= 11 is 0. The number of pyridine rings is 1. The van der Waals surface area contributed by atoms with Gasteiger partial charge in [-0.25, -0.2) is 9.37 Å². The number of imidazole rings is 1. The Hall–Kier alpha value is -2.69. The standard InChI is InChI=1S/C18H16FN3O/c1-18(2,3)17-20-14-11-7-6-10(19)9-13(11)16-12(15(14)21-17)5-4-8-22(16)23/h4-9,23H,1-3H3/p+1. The first-order chi connectivity index (χ1) is 10.9. The summed E-state index contributed by atoms with van der Waals surface area (Å²) in [7, 11) is 0. The third-order valence-corrected chi connectivity index (χ3v) is 4.15. The summed E-state index contributed by atoms with van der Waals surface area (Å²) in [5, 5.41) is 12.5. The van der Waals surface area contributed by atoms with E-state index in [1.54, 1.807) is 12.1 Å². The Kier molecular flexibility index (Phi) is 2.67. The molecule has 0 aliphatic heterocycles. The molecular formula is C18H17FN3O+. The number of fused-ring (bicyclic) bond motifs is 6. The maximum Gasteiger partial charge on any atom is 0.274 e. The number of hydrogen-bond acceptors (Lipinski definition) is 2. The Labute approximate surface area is 132 Å². The van der Waals surface area contributed by atoms with Crippen LogP contribution >= 0.6 is 0 Å². The molecule has 0 spiro atoms. The lowest BCUT2D eigenvalue weighted by Gasteiger charge is -2.13. The van der Waals surface area contributed by atoms with Gasteiger partial charge in [0.1, 0.15) is 17.2 Å². The minimum atomic E-state index is -0.336. The Balaban J connectivity index is 2.32. The summed E-state index contributed by atoms with van der Waals surface area (Å²) < 4.78 is 14.8. The van der Waals surface area contributed by atoms with E-state index in [2.05, 4.69) is 25.8 Å². The zero-order valence-electron chi connectivity index (χ0n) is 13.2. The van der Waals surface area contributed by atoms with Crippen LogP contribution in [0.25, 0.3) is 32.7 Å². The van der Waals surface area contributed by atoms with Crippen molar-refractivity contribution >= 4 is 32.7 Å². The van der Waals surface area contributed by atoms with Crippen LogP contribution in [0.2, 0.25) is 0 Å². The van der Waals surface area contributed by atoms with Gasteiger partial charge in [-0.1, -0.05) is 20.8 Å². The lowest BCUT2D eigenvalue weighted by atomic mass is 9.96. The summed E-state index contributed by atoms with van der Waals surface area (Å²) in [6, 6.07) is 8.24. The number of aromatic amines is 1. The van der Waals surface area contributed by atoms with Crippen molar-refractivity contribution in [2.75, 3.05) is 0 Å². The van der Waals surface area contributed by atoms with Crippen molar-refractivity contribution in [1.82, 2.24) is 9.97 Å². The SMILES string of the molecule is CC(C)(C)c1nc2c3ccc[n+](O)c3c3cc(F)ccc3c2[nH]1. The van der Waals surface area contributed by atoms with Crippen molar-refractivity contribution in [1.29, 1.82) is 0 Å². The van der Waals surface area contributed by atoms with E-state index in [4.69, 9.17) is 4.98 Å². The second-order valence-corrected chi connectivity index (χ2v) is 6.86. The van der Waals surface area contributed by atoms with Crippen molar-refractivity contribution in [3.8, 4) is 0 Å². The Morgan fingerprint density at radius 1 is 1.13 bits per heavy atom. The van der Waals surface area contributed by atoms with Crippen LogP contribution in [0.3, 0.4) is 0 Å². The molecular weight excluding hydrogens is 293 g/mol. The molecule has 0 aliphatic carbocycles. The van der Waals surface area contributed by atoms with Gasteiger partial charge in [0.05, 0.1) is 16.3 Å². The van der Waals surface area contributed by atoms with Crippen LogP contribution in [0, 0.1) is 5.82 Å². The van der Waals surface area contributed by atoms with Crippen LogP contribution in [-0.2, 0) is 5.41 Å². The lowest BCUT2D eigenvalue weighted by Crippen LogP contribution is -2.30. The number of benzene rings is 2. The van der Waals surface area contributed by atoms with E-state index in [1.165, 1.54) is 18.3 Å². The van der Waals surface area contributed by atoms with Crippen LogP contribution in [0.4, 0.5) is 4.39 Å². The fraction of sp³-hybridized carbons (Fsp3) is 0.222. The maximum absolute atomic E-state index is 13.8. The summed E-state index contributed by atoms with van der Waals surface area (Å²) in [4.78, 5) is 8.14. The number of rotatable bonds is 0. The third-order valence-electron chi connectivity index (χ3n) is 4.15. The zero-order chi connectivity index (χ0) is 16.4. The van der Waals surface area contributed by atoms with Crippen molar-refractivity contribution in [3.05, 3.63) is 48.2 Å². The molecule has 4 nitrogen and oxygen atoms in total. The number of hydrogen-bond donors (Lipinski definition) is 2. The number of aromatic nitrogens is 3. The molecule has 0 aliphatic rings. The van der Waals surface area contributed by atoms with Gasteiger partial charge in [-0.3, -0.25) is 5.21 Å². The highest BCUT2D eigenvalue weighted by Crippen LogP contribution is 2.34. The molecule has 0 saturated carbocycles. The maximum atomic E-state index is 13.8. The van der Waals surface area contributed by atoms with Gasteiger partial charge >= 0.3 is 0 Å². The second kappa shape index (κ2) is 4.41. The Morgan fingerprint density at radius 3 is 2.65 bits per heavy atom. The van der Waals surface area contributed by atoms with Gasteiger partial charge in [-0.15, -0.1) is 0 Å². The Bertz CT molecular complexity index is 1080. The molecule has 2 aromatic carbocycles. The number of H-pyrrole nitrogens is 1. The fourth-order valence-electron chi connectivity index (χ4n) is 3.01. The molecule has 0 fully saturated rings. The molecule has 116 valence electrons. The number of nitrogens with one attached hydrogen (secondary N) is 1. The fourth-order valence-corrected chi connectivity index (χ4v) is 3.01. The topological polar surface area (TPSA) is 52.8 Å². The van der Waals surface area contributed by atoms with Crippen molar-refractivity contribution < 1.29 is 14.3 Å². The summed E-state index contributed by atoms with van der Waals surface area (Å²) in [5.74, 6) is 0.525. The first-order valence-electron chi connectivity index (χ1n) is 7.51. The Morgan fingerprint density at radius 2 is 1.91 bits per heavy atom. The first-order valence-corrected chi connectivity index (χ1v) is 7.51. The van der Waals surface area contributed by atoms with Gasteiger partial charge in [0, 0.05) is 21.6 Å². The summed E-state index contributed by atoms with van der Waals surface area (Å²) in [6.45, 7) is 6.25. The van der Waals surface area contributed by atoms with Gasteiger partial charge in [0.2, 0.25) is 6.20 Å². The van der Waals surface area contributed by atoms with Gasteiger partial charge in [-0.2, -0.15) is 0 Å². The second-order valence-electron chi connectivity index (χ2n) is 6.86. The quantitative estimate of drug-likeness (QED) is 0.295. The summed E-state index contributed by atoms with van der Waals surface area (Å²) in [5.41, 5.74) is 2.07. The lowest BCUT2D eigenvalue weighted by molar-refractivity contribution is -0.884. The molecule has 0 amide bonds. The van der Waals surface area contributed by atoms with Crippen molar-refractivity contribution in [2.24, 2.45) is 0 Å². The van der Waals surface area contributed by atoms with E-state index in [1.807, 2.05) is 6.07 Å². The van der Waals surface area contributed by atoms with Gasteiger partial charge in [0.15, 0.2) is 0 Å². The molecule has 0 bridgehead atoms. The minimum absolute atomic E-state index is 0.137. The average molecular weight is 310 g/mol. The van der Waals surface area contributed by atoms with Gasteiger partial charge in [-0.05, 0) is 24.3 Å². The van der Waals surface area contributed by atoms with E-state index >= 15 is 0 Å². The van der Waals surface area contributed by atoms with Crippen LogP contribution in [-0.4, -0.2) is 15.2 Å². The molecule has 2 aromatic heterocycles. The predicted octanol–water partition coefficient (Wildman–Crippen LogP) is 3.83. The molecule has 0 saturated heterocycles. The van der Waals surface area contributed by atoms with Crippen LogP contribution in [0.15, 0.2) is 36.5 Å². The average Bonchev–Trinajstić information content (AvgIpc) is 2.92. The van der Waals surface area contributed by atoms with Crippen molar-refractivity contribution in [2.45, 2.75) is 26.2 Å². The normalized spacial score (nSPS) is 12.5. The molecule has 0 unspecified atom stereocenters. The minimum Gasteiger partial charge on any atom is -0.341 e. The monoisotopic (exact) mass is 310 g/mol. The number of nitrogens with zero attached hydrogens (tertiary/aromatic N) is 2. The predicted molar refractivity (Wildman–Crippen MR) is 87.1 cm³/mol. The molecule has 2 heterocycles. The van der Waals surface area contributed by atoms with Gasteiger partial charge < -0.3 is 4.98 Å². The molecule has 4 aromatic rings. The smallest absolute Gasteiger partial charge is 0.274 e. The zero-order valence-corrected chi connectivity index (χ0v) is 13.2. The first kappa shape index (κ1) is 13.9. The number of halogens is 1. The largest absolute Gasteiger partial charge is 0.341 e. The van der Waals surface area contributed by atoms with E-state index in [0.717, 1.165) is 32.4 Å². The highest BCUT2D eigenvalue weighted by Gasteiger charge is 2.24.